The normalized spacial score (nSPS) is 19.0. The fourth-order valence-corrected chi connectivity index (χ4v) is 2.54. The lowest BCUT2D eigenvalue weighted by molar-refractivity contribution is -0.138. The van der Waals surface area contributed by atoms with Gasteiger partial charge in [-0.1, -0.05) is 19.8 Å². The summed E-state index contributed by atoms with van der Waals surface area (Å²) in [5, 5.41) is 0. The molecule has 114 valence electrons. The second kappa shape index (κ2) is 6.56. The van der Waals surface area contributed by atoms with Gasteiger partial charge in [0.2, 0.25) is 11.5 Å². The summed E-state index contributed by atoms with van der Waals surface area (Å²) in [6, 6.07) is 2.43. The molecule has 0 aromatic carbocycles. The van der Waals surface area contributed by atoms with Gasteiger partial charge >= 0.3 is 0 Å². The quantitative estimate of drug-likeness (QED) is 0.893. The summed E-state index contributed by atoms with van der Waals surface area (Å²) in [6.07, 6.45) is 3.97. The molecule has 1 atom stereocenters. The molecule has 1 unspecified atom stereocenters. The number of hydrogen-bond acceptors (Lipinski definition) is 3. The van der Waals surface area contributed by atoms with Crippen LogP contribution in [0, 0.1) is 0 Å². The highest BCUT2D eigenvalue weighted by Crippen LogP contribution is 2.18. The SMILES string of the molecule is CCCCC1C(=O)N(C)CCN1C(=O)c1ccc(=O)[nH]c1. The second-order valence-corrected chi connectivity index (χ2v) is 5.36. The Kier molecular flexibility index (Phi) is 4.77. The maximum Gasteiger partial charge on any atom is 0.256 e. The predicted molar refractivity (Wildman–Crippen MR) is 79.0 cm³/mol. The van der Waals surface area contributed by atoms with Gasteiger partial charge in [0.15, 0.2) is 0 Å². The molecule has 0 saturated carbocycles. The van der Waals surface area contributed by atoms with Crippen molar-refractivity contribution in [3.63, 3.8) is 0 Å². The van der Waals surface area contributed by atoms with Gasteiger partial charge in [0.1, 0.15) is 6.04 Å². The van der Waals surface area contributed by atoms with Gasteiger partial charge in [0.25, 0.3) is 5.91 Å². The molecule has 0 spiro atoms. The summed E-state index contributed by atoms with van der Waals surface area (Å²) in [4.78, 5) is 41.8. The molecular formula is C15H21N3O3. The number of unbranched alkanes of at least 4 members (excludes halogenated alkanes) is 1. The minimum atomic E-state index is -0.400. The number of likely N-dealkylation sites (N-methyl/N-ethyl adjacent to an activating group) is 1. The minimum Gasteiger partial charge on any atom is -0.342 e. The number of carbonyl (C=O) groups is 2. The van der Waals surface area contributed by atoms with Crippen molar-refractivity contribution >= 4 is 11.8 Å². The molecule has 1 aromatic heterocycles. The summed E-state index contributed by atoms with van der Waals surface area (Å²) in [7, 11) is 1.77. The van der Waals surface area contributed by atoms with E-state index in [1.807, 2.05) is 0 Å². The molecule has 2 rings (SSSR count). The molecule has 1 aliphatic rings. The third-order valence-electron chi connectivity index (χ3n) is 3.84. The Labute approximate surface area is 123 Å². The number of aromatic nitrogens is 1. The van der Waals surface area contributed by atoms with Crippen LogP contribution in [0.1, 0.15) is 36.5 Å². The average Bonchev–Trinajstić information content (AvgIpc) is 2.49. The van der Waals surface area contributed by atoms with E-state index < -0.39 is 6.04 Å². The average molecular weight is 291 g/mol. The number of rotatable bonds is 4. The Morgan fingerprint density at radius 2 is 2.10 bits per heavy atom. The van der Waals surface area contributed by atoms with Crippen LogP contribution in [0.4, 0.5) is 0 Å². The van der Waals surface area contributed by atoms with Crippen LogP contribution in [0.3, 0.4) is 0 Å². The van der Waals surface area contributed by atoms with E-state index in [2.05, 4.69) is 11.9 Å². The molecule has 0 radical (unpaired) electrons. The number of nitrogens with zero attached hydrogens (tertiary/aromatic N) is 2. The van der Waals surface area contributed by atoms with Crippen molar-refractivity contribution in [3.05, 3.63) is 34.2 Å². The first-order valence-corrected chi connectivity index (χ1v) is 7.29. The van der Waals surface area contributed by atoms with Crippen LogP contribution in [-0.2, 0) is 4.79 Å². The summed E-state index contributed by atoms with van der Waals surface area (Å²) in [5.74, 6) is -0.207. The van der Waals surface area contributed by atoms with Crippen LogP contribution < -0.4 is 5.56 Å². The zero-order chi connectivity index (χ0) is 15.4. The van der Waals surface area contributed by atoms with E-state index in [9.17, 15) is 14.4 Å². The van der Waals surface area contributed by atoms with Gasteiger partial charge in [-0.15, -0.1) is 0 Å². The highest BCUT2D eigenvalue weighted by molar-refractivity contribution is 5.97. The van der Waals surface area contributed by atoms with Crippen LogP contribution in [0.25, 0.3) is 0 Å². The number of pyridine rings is 1. The number of nitrogens with one attached hydrogen (secondary N) is 1. The number of hydrogen-bond donors (Lipinski definition) is 1. The van der Waals surface area contributed by atoms with Crippen LogP contribution in [0.5, 0.6) is 0 Å². The van der Waals surface area contributed by atoms with Gasteiger partial charge in [-0.05, 0) is 12.5 Å². The van der Waals surface area contributed by atoms with Crippen molar-refractivity contribution in [2.45, 2.75) is 32.2 Å². The molecule has 1 saturated heterocycles. The topological polar surface area (TPSA) is 73.5 Å². The smallest absolute Gasteiger partial charge is 0.256 e. The van der Waals surface area contributed by atoms with Crippen LogP contribution in [-0.4, -0.2) is 52.8 Å². The summed E-state index contributed by atoms with van der Waals surface area (Å²) in [5.41, 5.74) is 0.164. The van der Waals surface area contributed by atoms with Gasteiger partial charge in [0.05, 0.1) is 5.56 Å². The molecule has 0 aliphatic carbocycles. The molecule has 2 heterocycles. The Bertz CT molecular complexity index is 561. The molecule has 1 aliphatic heterocycles. The van der Waals surface area contributed by atoms with E-state index in [0.29, 0.717) is 25.1 Å². The van der Waals surface area contributed by atoms with Gasteiger partial charge in [-0.3, -0.25) is 14.4 Å². The van der Waals surface area contributed by atoms with Gasteiger partial charge in [-0.2, -0.15) is 0 Å². The largest absolute Gasteiger partial charge is 0.342 e. The summed E-state index contributed by atoms with van der Waals surface area (Å²) < 4.78 is 0. The first kappa shape index (κ1) is 15.3. The van der Waals surface area contributed by atoms with Gasteiger partial charge < -0.3 is 14.8 Å². The van der Waals surface area contributed by atoms with Crippen molar-refractivity contribution in [1.29, 1.82) is 0 Å². The monoisotopic (exact) mass is 291 g/mol. The fraction of sp³-hybridized carbons (Fsp3) is 0.533. The second-order valence-electron chi connectivity index (χ2n) is 5.36. The highest BCUT2D eigenvalue weighted by atomic mass is 16.2. The first-order chi connectivity index (χ1) is 10.0. The van der Waals surface area contributed by atoms with Crippen LogP contribution in [0.2, 0.25) is 0 Å². The van der Waals surface area contributed by atoms with Crippen LogP contribution >= 0.6 is 0 Å². The van der Waals surface area contributed by atoms with Crippen molar-refractivity contribution in [2.75, 3.05) is 20.1 Å². The van der Waals surface area contributed by atoms with E-state index in [-0.39, 0.29) is 17.4 Å². The minimum absolute atomic E-state index is 0.00697. The first-order valence-electron chi connectivity index (χ1n) is 7.29. The van der Waals surface area contributed by atoms with Crippen molar-refractivity contribution in [1.82, 2.24) is 14.8 Å². The van der Waals surface area contributed by atoms with Crippen LogP contribution in [0.15, 0.2) is 23.1 Å². The number of aromatic amines is 1. The Hall–Kier alpha value is -2.11. The van der Waals surface area contributed by atoms with E-state index in [0.717, 1.165) is 12.8 Å². The standard InChI is InChI=1S/C15H21N3O3/c1-3-4-5-12-15(21)17(2)8-9-18(12)14(20)11-6-7-13(19)16-10-11/h6-7,10,12H,3-5,8-9H2,1-2H3,(H,16,19). The third kappa shape index (κ3) is 3.32. The summed E-state index contributed by atoms with van der Waals surface area (Å²) in [6.45, 7) is 3.12. The maximum absolute atomic E-state index is 12.6. The van der Waals surface area contributed by atoms with E-state index in [1.54, 1.807) is 16.8 Å². The molecule has 21 heavy (non-hydrogen) atoms. The Morgan fingerprint density at radius 3 is 2.71 bits per heavy atom. The molecule has 6 heteroatoms. The highest BCUT2D eigenvalue weighted by Gasteiger charge is 2.35. The zero-order valence-electron chi connectivity index (χ0n) is 12.5. The molecule has 1 aromatic rings. The van der Waals surface area contributed by atoms with Gasteiger partial charge in [-0.25, -0.2) is 0 Å². The molecule has 2 amide bonds. The lowest BCUT2D eigenvalue weighted by Gasteiger charge is -2.39. The molecule has 6 nitrogen and oxygen atoms in total. The zero-order valence-corrected chi connectivity index (χ0v) is 12.5. The predicted octanol–water partition coefficient (Wildman–Crippen LogP) is 0.848. The number of carbonyl (C=O) groups excluding carboxylic acids is 2. The Balaban J connectivity index is 2.21. The van der Waals surface area contributed by atoms with E-state index in [4.69, 9.17) is 0 Å². The lowest BCUT2D eigenvalue weighted by Crippen LogP contribution is -2.57. The number of piperazine rings is 1. The molecule has 1 fully saturated rings. The number of H-pyrrole nitrogens is 1. The fourth-order valence-electron chi connectivity index (χ4n) is 2.54. The van der Waals surface area contributed by atoms with E-state index >= 15 is 0 Å². The van der Waals surface area contributed by atoms with Crippen molar-refractivity contribution in [3.8, 4) is 0 Å². The van der Waals surface area contributed by atoms with Gasteiger partial charge in [0, 0.05) is 32.4 Å². The summed E-state index contributed by atoms with van der Waals surface area (Å²) >= 11 is 0. The number of amides is 2. The lowest BCUT2D eigenvalue weighted by atomic mass is 10.0. The Morgan fingerprint density at radius 1 is 1.33 bits per heavy atom. The third-order valence-corrected chi connectivity index (χ3v) is 3.84. The van der Waals surface area contributed by atoms with Crippen molar-refractivity contribution in [2.24, 2.45) is 0 Å². The molecule has 1 N–H and O–H groups in total. The molecular weight excluding hydrogens is 270 g/mol. The van der Waals surface area contributed by atoms with E-state index in [1.165, 1.54) is 18.3 Å². The maximum atomic E-state index is 12.6. The molecule has 0 bridgehead atoms. The van der Waals surface area contributed by atoms with Crippen molar-refractivity contribution < 1.29 is 9.59 Å².